The summed E-state index contributed by atoms with van der Waals surface area (Å²) in [5.41, 5.74) is 2.37. The molecule has 0 unspecified atom stereocenters. The first-order chi connectivity index (χ1) is 7.08. The van der Waals surface area contributed by atoms with Crippen LogP contribution in [0.3, 0.4) is 0 Å². The zero-order valence-corrected chi connectivity index (χ0v) is 8.78. The third-order valence-corrected chi connectivity index (χ3v) is 2.72. The summed E-state index contributed by atoms with van der Waals surface area (Å²) in [6, 6.07) is 0. The van der Waals surface area contributed by atoms with Crippen LogP contribution >= 0.6 is 0 Å². The van der Waals surface area contributed by atoms with Gasteiger partial charge in [-0.25, -0.2) is 5.48 Å². The molecule has 1 rings (SSSR count). The molecule has 90 valence electrons. The van der Waals surface area contributed by atoms with Gasteiger partial charge in [-0.15, -0.1) is 0 Å². The molecule has 0 heterocycles. The molecule has 0 spiro atoms. The van der Waals surface area contributed by atoms with Crippen LogP contribution in [0.2, 0.25) is 0 Å². The molecule has 15 heavy (non-hydrogen) atoms. The highest BCUT2D eigenvalue weighted by atomic mass is 19.4. The van der Waals surface area contributed by atoms with Crippen LogP contribution in [0.15, 0.2) is 0 Å². The smallest absolute Gasteiger partial charge is 0.292 e. The lowest BCUT2D eigenvalue weighted by Crippen LogP contribution is -2.26. The molecule has 1 fully saturated rings. The van der Waals surface area contributed by atoms with Crippen LogP contribution < -0.4 is 5.48 Å². The predicted octanol–water partition coefficient (Wildman–Crippen LogP) is 3.04. The second-order valence-electron chi connectivity index (χ2n) is 4.09. The fourth-order valence-electron chi connectivity index (χ4n) is 1.94. The summed E-state index contributed by atoms with van der Waals surface area (Å²) in [4.78, 5) is 4.31. The Kier molecular flexibility index (Phi) is 5.39. The van der Waals surface area contributed by atoms with Gasteiger partial charge in [0.2, 0.25) is 0 Å². The molecule has 5 heteroatoms. The van der Waals surface area contributed by atoms with Gasteiger partial charge in [0.1, 0.15) is 0 Å². The molecule has 0 aromatic rings. The molecule has 0 aromatic carbocycles. The van der Waals surface area contributed by atoms with Crippen molar-refractivity contribution in [3.05, 3.63) is 0 Å². The van der Waals surface area contributed by atoms with E-state index in [4.69, 9.17) is 0 Å². The minimum atomic E-state index is -4.24. The maximum absolute atomic E-state index is 11.7. The molecular weight excluding hydrogens is 207 g/mol. The van der Waals surface area contributed by atoms with E-state index < -0.39 is 12.8 Å². The first-order valence-corrected chi connectivity index (χ1v) is 5.49. The summed E-state index contributed by atoms with van der Waals surface area (Å²) < 4.78 is 35.0. The summed E-state index contributed by atoms with van der Waals surface area (Å²) in [6.45, 7) is -0.696. The number of alkyl halides is 3. The van der Waals surface area contributed by atoms with Gasteiger partial charge < -0.3 is 0 Å². The number of hydroxylamine groups is 1. The monoisotopic (exact) mass is 225 g/mol. The number of halogens is 3. The number of hydrogen-bond donors (Lipinski definition) is 1. The van der Waals surface area contributed by atoms with Crippen molar-refractivity contribution in [2.75, 3.05) is 13.2 Å². The molecule has 0 bridgehead atoms. The summed E-state index contributed by atoms with van der Waals surface area (Å²) >= 11 is 0. The lowest BCUT2D eigenvalue weighted by molar-refractivity contribution is -0.189. The van der Waals surface area contributed by atoms with E-state index in [-0.39, 0.29) is 0 Å². The molecule has 1 aliphatic rings. The normalized spacial score (nSPS) is 19.4. The molecule has 0 aliphatic heterocycles. The summed E-state index contributed by atoms with van der Waals surface area (Å²) in [7, 11) is 0. The Labute approximate surface area is 88.1 Å². The third kappa shape index (κ3) is 6.73. The molecule has 1 N–H and O–H groups in total. The molecule has 1 aliphatic carbocycles. The van der Waals surface area contributed by atoms with E-state index in [0.29, 0.717) is 12.5 Å². The van der Waals surface area contributed by atoms with Crippen molar-refractivity contribution < 1.29 is 18.0 Å². The Bertz CT molecular complexity index is 167. The van der Waals surface area contributed by atoms with Crippen LogP contribution in [0.25, 0.3) is 0 Å². The fraction of sp³-hybridized carbons (Fsp3) is 1.00. The van der Waals surface area contributed by atoms with Gasteiger partial charge in [0.05, 0.1) is 0 Å². The Morgan fingerprint density at radius 3 is 2.40 bits per heavy atom. The van der Waals surface area contributed by atoms with Crippen LogP contribution in [0.5, 0.6) is 0 Å². The second-order valence-corrected chi connectivity index (χ2v) is 4.09. The van der Waals surface area contributed by atoms with E-state index >= 15 is 0 Å². The Morgan fingerprint density at radius 1 is 1.13 bits per heavy atom. The van der Waals surface area contributed by atoms with Gasteiger partial charge in [-0.1, -0.05) is 32.1 Å². The first kappa shape index (κ1) is 12.8. The molecule has 1 saturated carbocycles. The number of nitrogens with one attached hydrogen (secondary N) is 1. The van der Waals surface area contributed by atoms with Crippen molar-refractivity contribution in [2.24, 2.45) is 5.92 Å². The fourth-order valence-corrected chi connectivity index (χ4v) is 1.94. The van der Waals surface area contributed by atoms with E-state index in [1.54, 1.807) is 0 Å². The minimum Gasteiger partial charge on any atom is -0.292 e. The Morgan fingerprint density at radius 2 is 1.80 bits per heavy atom. The second kappa shape index (κ2) is 6.33. The molecule has 0 aromatic heterocycles. The highest BCUT2D eigenvalue weighted by Crippen LogP contribution is 2.25. The van der Waals surface area contributed by atoms with Crippen LogP contribution in [-0.4, -0.2) is 19.3 Å². The van der Waals surface area contributed by atoms with Crippen molar-refractivity contribution in [3.8, 4) is 0 Å². The average molecular weight is 225 g/mol. The van der Waals surface area contributed by atoms with Gasteiger partial charge in [-0.2, -0.15) is 13.2 Å². The van der Waals surface area contributed by atoms with Gasteiger partial charge in [-0.05, 0) is 12.3 Å². The molecule has 0 amide bonds. The van der Waals surface area contributed by atoms with Crippen molar-refractivity contribution in [1.82, 2.24) is 5.48 Å². The van der Waals surface area contributed by atoms with Crippen LogP contribution in [0.1, 0.15) is 38.5 Å². The predicted molar refractivity (Wildman–Crippen MR) is 51.2 cm³/mol. The van der Waals surface area contributed by atoms with Gasteiger partial charge in [0.15, 0.2) is 6.61 Å². The summed E-state index contributed by atoms with van der Waals surface area (Å²) in [5.74, 6) is 0.667. The van der Waals surface area contributed by atoms with E-state index in [1.807, 2.05) is 0 Å². The highest BCUT2D eigenvalue weighted by molar-refractivity contribution is 4.65. The van der Waals surface area contributed by atoms with Crippen LogP contribution in [0, 0.1) is 5.92 Å². The van der Waals surface area contributed by atoms with E-state index in [9.17, 15) is 13.2 Å². The van der Waals surface area contributed by atoms with E-state index in [2.05, 4.69) is 10.3 Å². The molecule has 0 radical (unpaired) electrons. The zero-order chi connectivity index (χ0) is 11.1. The van der Waals surface area contributed by atoms with E-state index in [0.717, 1.165) is 6.42 Å². The average Bonchev–Trinajstić information content (AvgIpc) is 2.17. The quantitative estimate of drug-likeness (QED) is 0.573. The molecular formula is C10H18F3NO. The highest BCUT2D eigenvalue weighted by Gasteiger charge is 2.27. The van der Waals surface area contributed by atoms with Crippen molar-refractivity contribution >= 4 is 0 Å². The molecule has 0 saturated heterocycles. The largest absolute Gasteiger partial charge is 0.413 e. The number of hydrogen-bond acceptors (Lipinski definition) is 2. The SMILES string of the molecule is FC(F)(F)CONCCC1CCCCC1. The zero-order valence-electron chi connectivity index (χ0n) is 8.78. The van der Waals surface area contributed by atoms with Crippen molar-refractivity contribution in [3.63, 3.8) is 0 Å². The van der Waals surface area contributed by atoms with Gasteiger partial charge in [0.25, 0.3) is 0 Å². The lowest BCUT2D eigenvalue weighted by atomic mass is 9.87. The van der Waals surface area contributed by atoms with Crippen LogP contribution in [-0.2, 0) is 4.84 Å². The van der Waals surface area contributed by atoms with Crippen LogP contribution in [0.4, 0.5) is 13.2 Å². The third-order valence-electron chi connectivity index (χ3n) is 2.72. The maximum Gasteiger partial charge on any atom is 0.413 e. The van der Waals surface area contributed by atoms with Gasteiger partial charge in [0, 0.05) is 6.54 Å². The van der Waals surface area contributed by atoms with E-state index in [1.165, 1.54) is 32.1 Å². The maximum atomic E-state index is 11.7. The first-order valence-electron chi connectivity index (χ1n) is 5.49. The van der Waals surface area contributed by atoms with Crippen molar-refractivity contribution in [2.45, 2.75) is 44.7 Å². The lowest BCUT2D eigenvalue weighted by Gasteiger charge is -2.21. The van der Waals surface area contributed by atoms with Crippen molar-refractivity contribution in [1.29, 1.82) is 0 Å². The topological polar surface area (TPSA) is 21.3 Å². The molecule has 2 nitrogen and oxygen atoms in total. The molecule has 0 atom stereocenters. The Hall–Kier alpha value is -0.290. The minimum absolute atomic E-state index is 0.515. The Balaban J connectivity index is 1.92. The number of rotatable bonds is 5. The summed E-state index contributed by atoms with van der Waals surface area (Å²) in [6.07, 6.45) is 2.91. The standard InChI is InChI=1S/C10H18F3NO/c11-10(12,13)8-15-14-7-6-9-4-2-1-3-5-9/h9,14H,1-8H2. The van der Waals surface area contributed by atoms with Gasteiger partial charge >= 0.3 is 6.18 Å². The summed E-state index contributed by atoms with van der Waals surface area (Å²) in [5, 5.41) is 0. The van der Waals surface area contributed by atoms with Gasteiger partial charge in [-0.3, -0.25) is 4.84 Å².